The van der Waals surface area contributed by atoms with Crippen LogP contribution < -0.4 is 5.32 Å². The molecule has 1 aromatic heterocycles. The van der Waals surface area contributed by atoms with E-state index >= 15 is 0 Å². The molecule has 0 spiro atoms. The molecule has 1 saturated heterocycles. The van der Waals surface area contributed by atoms with Crippen LogP contribution in [-0.4, -0.2) is 58.6 Å². The second-order valence-electron chi connectivity index (χ2n) is 7.70. The standard InChI is InChI=1S/C23H24BrN5O3/c1-28(23(31)25-19-10-8-18(24)9-11-19)15-12-20-26-21(32-27-20)16-4-6-17(7-5-16)22(30)29-13-2-3-14-29/h4-11H,2-3,12-15H2,1H3,(H,25,31). The average Bonchev–Trinajstić information content (AvgIpc) is 3.51. The first-order valence-corrected chi connectivity index (χ1v) is 11.3. The van der Waals surface area contributed by atoms with Gasteiger partial charge in [-0.15, -0.1) is 0 Å². The van der Waals surface area contributed by atoms with Crippen molar-refractivity contribution in [2.45, 2.75) is 19.3 Å². The molecule has 2 heterocycles. The van der Waals surface area contributed by atoms with Crippen LogP contribution in [0.2, 0.25) is 0 Å². The maximum Gasteiger partial charge on any atom is 0.321 e. The van der Waals surface area contributed by atoms with Crippen LogP contribution in [0.4, 0.5) is 10.5 Å². The lowest BCUT2D eigenvalue weighted by Gasteiger charge is -2.17. The fourth-order valence-corrected chi connectivity index (χ4v) is 3.72. The highest BCUT2D eigenvalue weighted by Gasteiger charge is 2.20. The van der Waals surface area contributed by atoms with Crippen molar-refractivity contribution < 1.29 is 14.1 Å². The monoisotopic (exact) mass is 497 g/mol. The highest BCUT2D eigenvalue weighted by Crippen LogP contribution is 2.20. The highest BCUT2D eigenvalue weighted by atomic mass is 79.9. The van der Waals surface area contributed by atoms with Crippen LogP contribution >= 0.6 is 15.9 Å². The number of rotatable bonds is 6. The van der Waals surface area contributed by atoms with Crippen molar-refractivity contribution >= 4 is 33.6 Å². The number of carbonyl (C=O) groups is 2. The molecular formula is C23H24BrN5O3. The molecule has 0 aliphatic carbocycles. The van der Waals surface area contributed by atoms with Gasteiger partial charge in [-0.3, -0.25) is 4.79 Å². The van der Waals surface area contributed by atoms with Crippen molar-refractivity contribution in [2.24, 2.45) is 0 Å². The zero-order chi connectivity index (χ0) is 22.5. The number of amides is 3. The Morgan fingerprint density at radius 1 is 1.09 bits per heavy atom. The third-order valence-corrected chi connectivity index (χ3v) is 5.88. The number of anilines is 1. The summed E-state index contributed by atoms with van der Waals surface area (Å²) in [4.78, 5) is 32.7. The minimum absolute atomic E-state index is 0.0599. The molecule has 9 heteroatoms. The third-order valence-electron chi connectivity index (χ3n) is 5.35. The second kappa shape index (κ2) is 9.95. The van der Waals surface area contributed by atoms with Crippen molar-refractivity contribution in [3.8, 4) is 11.5 Å². The van der Waals surface area contributed by atoms with Crippen molar-refractivity contribution in [3.05, 3.63) is 64.4 Å². The zero-order valence-electron chi connectivity index (χ0n) is 17.8. The Hall–Kier alpha value is -3.20. The predicted molar refractivity (Wildman–Crippen MR) is 124 cm³/mol. The molecule has 1 aliphatic heterocycles. The molecule has 166 valence electrons. The van der Waals surface area contributed by atoms with Crippen LogP contribution in [-0.2, 0) is 6.42 Å². The number of nitrogens with zero attached hydrogens (tertiary/aromatic N) is 4. The molecule has 0 saturated carbocycles. The smallest absolute Gasteiger partial charge is 0.321 e. The largest absolute Gasteiger partial charge is 0.339 e. The number of carbonyl (C=O) groups excluding carboxylic acids is 2. The molecule has 32 heavy (non-hydrogen) atoms. The normalized spacial score (nSPS) is 13.2. The summed E-state index contributed by atoms with van der Waals surface area (Å²) in [6, 6.07) is 14.4. The number of likely N-dealkylation sites (tertiary alicyclic amines) is 1. The predicted octanol–water partition coefficient (Wildman–Crippen LogP) is 4.44. The number of aromatic nitrogens is 2. The van der Waals surface area contributed by atoms with Gasteiger partial charge in [0.05, 0.1) is 0 Å². The fraction of sp³-hybridized carbons (Fsp3) is 0.304. The summed E-state index contributed by atoms with van der Waals surface area (Å²) in [7, 11) is 1.71. The first-order valence-electron chi connectivity index (χ1n) is 10.5. The van der Waals surface area contributed by atoms with Crippen LogP contribution in [0, 0.1) is 0 Å². The van der Waals surface area contributed by atoms with E-state index in [0.717, 1.165) is 41.7 Å². The molecule has 1 aliphatic rings. The summed E-state index contributed by atoms with van der Waals surface area (Å²) >= 11 is 3.37. The van der Waals surface area contributed by atoms with Gasteiger partial charge in [-0.2, -0.15) is 4.98 Å². The van der Waals surface area contributed by atoms with E-state index in [1.165, 1.54) is 0 Å². The van der Waals surface area contributed by atoms with Gasteiger partial charge in [-0.25, -0.2) is 4.79 Å². The molecular weight excluding hydrogens is 474 g/mol. The van der Waals surface area contributed by atoms with Crippen LogP contribution in [0.3, 0.4) is 0 Å². The number of hydrogen-bond acceptors (Lipinski definition) is 5. The van der Waals surface area contributed by atoms with Gasteiger partial charge in [0.2, 0.25) is 0 Å². The van der Waals surface area contributed by atoms with E-state index in [4.69, 9.17) is 4.52 Å². The number of urea groups is 1. The van der Waals surface area contributed by atoms with E-state index in [1.54, 1.807) is 24.1 Å². The van der Waals surface area contributed by atoms with Crippen molar-refractivity contribution in [1.82, 2.24) is 19.9 Å². The summed E-state index contributed by atoms with van der Waals surface area (Å²) in [5.41, 5.74) is 2.13. The Kier molecular flexibility index (Phi) is 6.84. The van der Waals surface area contributed by atoms with E-state index in [9.17, 15) is 9.59 Å². The number of nitrogens with one attached hydrogen (secondary N) is 1. The third kappa shape index (κ3) is 5.34. The maximum absolute atomic E-state index is 12.5. The molecule has 3 aromatic rings. The molecule has 1 N–H and O–H groups in total. The molecule has 0 unspecified atom stereocenters. The van der Waals surface area contributed by atoms with Gasteiger partial charge in [0, 0.05) is 54.4 Å². The molecule has 0 bridgehead atoms. The van der Waals surface area contributed by atoms with Gasteiger partial charge in [0.1, 0.15) is 0 Å². The molecule has 3 amide bonds. The molecule has 1 fully saturated rings. The Morgan fingerprint density at radius 3 is 2.47 bits per heavy atom. The summed E-state index contributed by atoms with van der Waals surface area (Å²) in [5, 5.41) is 6.85. The summed E-state index contributed by atoms with van der Waals surface area (Å²) in [6.07, 6.45) is 2.59. The Labute approximate surface area is 194 Å². The molecule has 0 radical (unpaired) electrons. The maximum atomic E-state index is 12.5. The van der Waals surface area contributed by atoms with Gasteiger partial charge < -0.3 is 19.6 Å². The van der Waals surface area contributed by atoms with Crippen LogP contribution in [0.25, 0.3) is 11.5 Å². The first kappa shape index (κ1) is 22.0. The Bertz CT molecular complexity index is 1080. The van der Waals surface area contributed by atoms with Gasteiger partial charge in [0.15, 0.2) is 5.82 Å². The van der Waals surface area contributed by atoms with Gasteiger partial charge in [-0.05, 0) is 61.4 Å². The number of likely N-dealkylation sites (N-methyl/N-ethyl adjacent to an activating group) is 1. The van der Waals surface area contributed by atoms with Gasteiger partial charge >= 0.3 is 6.03 Å². The lowest BCUT2D eigenvalue weighted by Crippen LogP contribution is -2.33. The SMILES string of the molecule is CN(CCc1noc(-c2ccc(C(=O)N3CCCC3)cc2)n1)C(=O)Nc1ccc(Br)cc1. The van der Waals surface area contributed by atoms with E-state index < -0.39 is 0 Å². The summed E-state index contributed by atoms with van der Waals surface area (Å²) in [6.45, 7) is 2.08. The minimum atomic E-state index is -0.214. The summed E-state index contributed by atoms with van der Waals surface area (Å²) in [5.74, 6) is 0.965. The Morgan fingerprint density at radius 2 is 1.78 bits per heavy atom. The van der Waals surface area contributed by atoms with Gasteiger partial charge in [0.25, 0.3) is 11.8 Å². The molecule has 0 atom stereocenters. The number of halogens is 1. The van der Waals surface area contributed by atoms with Crippen molar-refractivity contribution in [2.75, 3.05) is 32.0 Å². The first-order chi connectivity index (χ1) is 15.5. The van der Waals surface area contributed by atoms with Crippen LogP contribution in [0.5, 0.6) is 0 Å². The molecule has 2 aromatic carbocycles. The van der Waals surface area contributed by atoms with E-state index in [1.807, 2.05) is 41.3 Å². The highest BCUT2D eigenvalue weighted by molar-refractivity contribution is 9.10. The second-order valence-corrected chi connectivity index (χ2v) is 8.62. The topological polar surface area (TPSA) is 91.6 Å². The van der Waals surface area contributed by atoms with E-state index in [0.29, 0.717) is 30.2 Å². The minimum Gasteiger partial charge on any atom is -0.339 e. The lowest BCUT2D eigenvalue weighted by atomic mass is 10.1. The van der Waals surface area contributed by atoms with Crippen molar-refractivity contribution in [3.63, 3.8) is 0 Å². The zero-order valence-corrected chi connectivity index (χ0v) is 19.3. The lowest BCUT2D eigenvalue weighted by molar-refractivity contribution is 0.0793. The van der Waals surface area contributed by atoms with E-state index in [2.05, 4.69) is 31.4 Å². The molecule has 8 nitrogen and oxygen atoms in total. The number of hydrogen-bond donors (Lipinski definition) is 1. The summed E-state index contributed by atoms with van der Waals surface area (Å²) < 4.78 is 6.32. The number of benzene rings is 2. The quantitative estimate of drug-likeness (QED) is 0.543. The average molecular weight is 498 g/mol. The van der Waals surface area contributed by atoms with E-state index in [-0.39, 0.29) is 11.9 Å². The van der Waals surface area contributed by atoms with Crippen LogP contribution in [0.1, 0.15) is 29.0 Å². The molecule has 4 rings (SSSR count). The fourth-order valence-electron chi connectivity index (χ4n) is 3.45. The van der Waals surface area contributed by atoms with Crippen molar-refractivity contribution in [1.29, 1.82) is 0 Å². The van der Waals surface area contributed by atoms with Gasteiger partial charge in [-0.1, -0.05) is 21.1 Å². The Balaban J connectivity index is 1.31. The van der Waals surface area contributed by atoms with Crippen LogP contribution in [0.15, 0.2) is 57.5 Å².